The van der Waals surface area contributed by atoms with Crippen molar-refractivity contribution in [2.45, 2.75) is 17.4 Å². The van der Waals surface area contributed by atoms with Crippen LogP contribution in [0.5, 0.6) is 5.75 Å². The van der Waals surface area contributed by atoms with Gasteiger partial charge >= 0.3 is 0 Å². The Kier molecular flexibility index (Phi) is 5.06. The first-order valence-electron chi connectivity index (χ1n) is 7.98. The molecular formula is C18H20N2O4S. The van der Waals surface area contributed by atoms with E-state index in [1.54, 1.807) is 18.2 Å². The Bertz CT molecular complexity index is 852. The molecule has 0 spiro atoms. The quantitative estimate of drug-likeness (QED) is 0.875. The number of carbonyl (C=O) groups excluding carboxylic acids is 1. The van der Waals surface area contributed by atoms with Crippen LogP contribution in [0.25, 0.3) is 0 Å². The lowest BCUT2D eigenvalue weighted by molar-refractivity contribution is -0.122. The third kappa shape index (κ3) is 4.00. The molecule has 6 nitrogen and oxygen atoms in total. The molecule has 0 unspecified atom stereocenters. The smallest absolute Gasteiger partial charge is 0.243 e. The average Bonchev–Trinajstić information content (AvgIpc) is 2.62. The summed E-state index contributed by atoms with van der Waals surface area (Å²) >= 11 is 0. The minimum absolute atomic E-state index is 0.167. The number of amides is 1. The zero-order valence-electron chi connectivity index (χ0n) is 13.9. The highest BCUT2D eigenvalue weighted by Crippen LogP contribution is 2.23. The normalized spacial score (nSPS) is 16.8. The standard InChI is InChI=1S/C18H20N2O4S/c1-20(25(22,23)16-8-3-2-4-9-16)12-18(21)19-15-11-14-7-5-6-10-17(14)24-13-15/h2-10,15H,11-13H2,1H3,(H,19,21)/t15-/m0/s1. The summed E-state index contributed by atoms with van der Waals surface area (Å²) in [5.41, 5.74) is 1.03. The SMILES string of the molecule is CN(CC(=O)N[C@@H]1COc2ccccc2C1)S(=O)(=O)c1ccccc1. The van der Waals surface area contributed by atoms with E-state index in [0.29, 0.717) is 13.0 Å². The Morgan fingerprint density at radius 3 is 2.60 bits per heavy atom. The highest BCUT2D eigenvalue weighted by atomic mass is 32.2. The highest BCUT2D eigenvalue weighted by molar-refractivity contribution is 7.89. The number of nitrogens with one attached hydrogen (secondary N) is 1. The summed E-state index contributed by atoms with van der Waals surface area (Å²) in [5.74, 6) is 0.478. The minimum Gasteiger partial charge on any atom is -0.491 e. The van der Waals surface area contributed by atoms with E-state index in [9.17, 15) is 13.2 Å². The first-order valence-corrected chi connectivity index (χ1v) is 9.42. The maximum absolute atomic E-state index is 12.4. The van der Waals surface area contributed by atoms with Gasteiger partial charge in [0, 0.05) is 7.05 Å². The van der Waals surface area contributed by atoms with E-state index >= 15 is 0 Å². The summed E-state index contributed by atoms with van der Waals surface area (Å²) in [6.45, 7) is 0.132. The first kappa shape index (κ1) is 17.4. The van der Waals surface area contributed by atoms with Crippen LogP contribution in [0.15, 0.2) is 59.5 Å². The summed E-state index contributed by atoms with van der Waals surface area (Å²) < 4.78 is 31.6. The Hall–Kier alpha value is -2.38. The van der Waals surface area contributed by atoms with Crippen molar-refractivity contribution < 1.29 is 17.9 Å². The molecule has 7 heteroatoms. The molecule has 1 atom stereocenters. The number of sulfonamides is 1. The lowest BCUT2D eigenvalue weighted by Gasteiger charge is -2.26. The van der Waals surface area contributed by atoms with Gasteiger partial charge in [-0.05, 0) is 30.2 Å². The molecule has 1 aliphatic heterocycles. The zero-order valence-corrected chi connectivity index (χ0v) is 14.7. The van der Waals surface area contributed by atoms with E-state index in [4.69, 9.17) is 4.74 Å². The van der Waals surface area contributed by atoms with Gasteiger partial charge in [-0.25, -0.2) is 8.42 Å². The van der Waals surface area contributed by atoms with Gasteiger partial charge in [0.25, 0.3) is 0 Å². The molecule has 1 amide bonds. The number of benzene rings is 2. The molecule has 1 heterocycles. The molecule has 0 bridgehead atoms. The van der Waals surface area contributed by atoms with Gasteiger partial charge < -0.3 is 10.1 Å². The predicted octanol–water partition coefficient (Wildman–Crippen LogP) is 1.43. The number of carbonyl (C=O) groups is 1. The lowest BCUT2D eigenvalue weighted by Crippen LogP contribution is -2.47. The molecular weight excluding hydrogens is 340 g/mol. The van der Waals surface area contributed by atoms with E-state index in [1.165, 1.54) is 19.2 Å². The molecule has 0 saturated carbocycles. The lowest BCUT2D eigenvalue weighted by atomic mass is 10.0. The number of ether oxygens (including phenoxy) is 1. The van der Waals surface area contributed by atoms with Gasteiger partial charge in [-0.2, -0.15) is 4.31 Å². The fourth-order valence-corrected chi connectivity index (χ4v) is 3.90. The summed E-state index contributed by atoms with van der Waals surface area (Å²) in [4.78, 5) is 12.4. The number of para-hydroxylation sites is 1. The van der Waals surface area contributed by atoms with E-state index in [0.717, 1.165) is 15.6 Å². The Labute approximate surface area is 147 Å². The van der Waals surface area contributed by atoms with Gasteiger partial charge in [-0.1, -0.05) is 36.4 Å². The summed E-state index contributed by atoms with van der Waals surface area (Å²) in [6.07, 6.45) is 0.664. The average molecular weight is 360 g/mol. The first-order chi connectivity index (χ1) is 12.0. The molecule has 2 aromatic rings. The number of hydrogen-bond donors (Lipinski definition) is 1. The Morgan fingerprint density at radius 2 is 1.84 bits per heavy atom. The van der Waals surface area contributed by atoms with Crippen LogP contribution < -0.4 is 10.1 Å². The van der Waals surface area contributed by atoms with E-state index in [1.807, 2.05) is 24.3 Å². The Morgan fingerprint density at radius 1 is 1.16 bits per heavy atom. The summed E-state index contributed by atoms with van der Waals surface area (Å²) in [5, 5.41) is 2.84. The van der Waals surface area contributed by atoms with E-state index < -0.39 is 10.0 Å². The van der Waals surface area contributed by atoms with Crippen molar-refractivity contribution >= 4 is 15.9 Å². The van der Waals surface area contributed by atoms with Crippen molar-refractivity contribution in [2.24, 2.45) is 0 Å². The van der Waals surface area contributed by atoms with Crippen LogP contribution in [0, 0.1) is 0 Å². The van der Waals surface area contributed by atoms with Crippen LogP contribution in [0.3, 0.4) is 0 Å². The summed E-state index contributed by atoms with van der Waals surface area (Å²) in [6, 6.07) is 15.6. The van der Waals surface area contributed by atoms with Crippen LogP contribution in [0.2, 0.25) is 0 Å². The fourth-order valence-electron chi connectivity index (χ4n) is 2.75. The van der Waals surface area contributed by atoms with Crippen LogP contribution in [0.4, 0.5) is 0 Å². The second-order valence-corrected chi connectivity index (χ2v) is 8.01. The van der Waals surface area contributed by atoms with Crippen molar-refractivity contribution in [1.82, 2.24) is 9.62 Å². The monoisotopic (exact) mass is 360 g/mol. The molecule has 0 aliphatic carbocycles. The van der Waals surface area contributed by atoms with Gasteiger partial charge in [0.05, 0.1) is 17.5 Å². The van der Waals surface area contributed by atoms with Gasteiger partial charge in [0.15, 0.2) is 0 Å². The van der Waals surface area contributed by atoms with E-state index in [2.05, 4.69) is 5.32 Å². The van der Waals surface area contributed by atoms with Gasteiger partial charge in [-0.3, -0.25) is 4.79 Å². The molecule has 0 radical (unpaired) electrons. The number of likely N-dealkylation sites (N-methyl/N-ethyl adjacent to an activating group) is 1. The molecule has 132 valence electrons. The van der Waals surface area contributed by atoms with Crippen molar-refractivity contribution in [1.29, 1.82) is 0 Å². The largest absolute Gasteiger partial charge is 0.491 e. The zero-order chi connectivity index (χ0) is 17.9. The number of rotatable bonds is 5. The van der Waals surface area contributed by atoms with Crippen LogP contribution in [-0.2, 0) is 21.2 Å². The molecule has 3 rings (SSSR count). The third-order valence-corrected chi connectivity index (χ3v) is 5.88. The maximum atomic E-state index is 12.4. The van der Waals surface area contributed by atoms with Crippen molar-refractivity contribution in [2.75, 3.05) is 20.2 Å². The molecule has 1 aliphatic rings. The third-order valence-electron chi connectivity index (χ3n) is 4.06. The fraction of sp³-hybridized carbons (Fsp3) is 0.278. The van der Waals surface area contributed by atoms with Gasteiger partial charge in [-0.15, -0.1) is 0 Å². The minimum atomic E-state index is -3.68. The van der Waals surface area contributed by atoms with Crippen molar-refractivity contribution in [3.8, 4) is 5.75 Å². The molecule has 0 saturated heterocycles. The molecule has 0 aromatic heterocycles. The second kappa shape index (κ2) is 7.25. The molecule has 1 N–H and O–H groups in total. The van der Waals surface area contributed by atoms with Crippen LogP contribution >= 0.6 is 0 Å². The maximum Gasteiger partial charge on any atom is 0.243 e. The highest BCUT2D eigenvalue weighted by Gasteiger charge is 2.25. The van der Waals surface area contributed by atoms with Gasteiger partial charge in [0.1, 0.15) is 12.4 Å². The number of fused-ring (bicyclic) bond motifs is 1. The van der Waals surface area contributed by atoms with Crippen LogP contribution in [-0.4, -0.2) is 44.9 Å². The Balaban J connectivity index is 1.60. The molecule has 0 fully saturated rings. The van der Waals surface area contributed by atoms with Crippen LogP contribution in [0.1, 0.15) is 5.56 Å². The van der Waals surface area contributed by atoms with E-state index in [-0.39, 0.29) is 23.4 Å². The molecule has 2 aromatic carbocycles. The van der Waals surface area contributed by atoms with Crippen molar-refractivity contribution in [3.63, 3.8) is 0 Å². The topological polar surface area (TPSA) is 75.7 Å². The predicted molar refractivity (Wildman–Crippen MR) is 93.8 cm³/mol. The number of nitrogens with zero attached hydrogens (tertiary/aromatic N) is 1. The number of hydrogen-bond acceptors (Lipinski definition) is 4. The van der Waals surface area contributed by atoms with Crippen molar-refractivity contribution in [3.05, 3.63) is 60.2 Å². The molecule has 25 heavy (non-hydrogen) atoms. The summed E-state index contributed by atoms with van der Waals surface area (Å²) in [7, 11) is -2.28. The second-order valence-electron chi connectivity index (χ2n) is 5.96. The van der Waals surface area contributed by atoms with Gasteiger partial charge in [0.2, 0.25) is 15.9 Å².